The van der Waals surface area contributed by atoms with Crippen LogP contribution in [0.2, 0.25) is 0 Å². The summed E-state index contributed by atoms with van der Waals surface area (Å²) in [4.78, 5) is 10.2. The van der Waals surface area contributed by atoms with Gasteiger partial charge in [0.25, 0.3) is 7.98 Å². The van der Waals surface area contributed by atoms with Crippen LogP contribution in [-0.2, 0) is 0 Å². The Bertz CT molecular complexity index is 215. The number of aromatic nitrogens is 1. The second-order valence-electron chi connectivity index (χ2n) is 1.31. The van der Waals surface area contributed by atoms with Gasteiger partial charge in [-0.25, -0.2) is 4.79 Å². The third-order valence-electron chi connectivity index (χ3n) is 0.709. The molecule has 8 heavy (non-hydrogen) atoms. The largest absolute Gasteiger partial charge is 0.384 e. The minimum atomic E-state index is -0.537. The molecule has 1 aromatic rings. The molecular weight excluding hydrogens is 107 g/mol. The first-order valence-corrected chi connectivity index (χ1v) is 1.94. The minimum absolute atomic E-state index is 0.120. The third-order valence-corrected chi connectivity index (χ3v) is 0.709. The van der Waals surface area contributed by atoms with Gasteiger partial charge in [0.2, 0.25) is 0 Å². The van der Waals surface area contributed by atoms with Crippen molar-refractivity contribution in [2.45, 2.75) is 0 Å². The highest BCUT2D eigenvalue weighted by atomic mass is 16.5. The Morgan fingerprint density at radius 2 is 2.50 bits per heavy atom. The summed E-state index contributed by atoms with van der Waals surface area (Å²) in [7, 11) is 4.97. The lowest BCUT2D eigenvalue weighted by Gasteiger charge is -1.86. The van der Waals surface area contributed by atoms with E-state index in [0.717, 1.165) is 6.07 Å². The highest BCUT2D eigenvalue weighted by Crippen LogP contribution is 1.90. The second kappa shape index (κ2) is 1.43. The number of nitrogen functional groups attached to an aromatic ring is 1. The van der Waals surface area contributed by atoms with Gasteiger partial charge in [-0.15, -0.1) is 0 Å². The predicted molar refractivity (Wildman–Crippen MR) is 28.5 cm³/mol. The van der Waals surface area contributed by atoms with Crippen molar-refractivity contribution >= 4 is 13.8 Å². The van der Waals surface area contributed by atoms with Gasteiger partial charge < -0.3 is 10.3 Å². The van der Waals surface area contributed by atoms with Gasteiger partial charge in [0.05, 0.1) is 6.07 Å². The van der Waals surface area contributed by atoms with Crippen molar-refractivity contribution in [1.29, 1.82) is 0 Å². The van der Waals surface area contributed by atoms with E-state index in [1.165, 1.54) is 0 Å². The van der Waals surface area contributed by atoms with Gasteiger partial charge in [0.15, 0.2) is 0 Å². The Kier molecular flexibility index (Phi) is 0.899. The first-order valence-electron chi connectivity index (χ1n) is 1.94. The van der Waals surface area contributed by atoms with Crippen molar-refractivity contribution in [3.8, 4) is 0 Å². The van der Waals surface area contributed by atoms with Crippen LogP contribution in [0.15, 0.2) is 15.4 Å². The Morgan fingerprint density at radius 3 is 2.62 bits per heavy atom. The standard InChI is InChI=1S/C3H3BN2O2/c4-6-2(5)1-3(7)8-6/h1H,5H2. The van der Waals surface area contributed by atoms with E-state index in [2.05, 4.69) is 4.52 Å². The number of rotatable bonds is 0. The predicted octanol–water partition coefficient (Wildman–Crippen LogP) is -1.04. The molecule has 0 aromatic carbocycles. The molecule has 0 unspecified atom stereocenters. The molecule has 1 rings (SSSR count). The molecular formula is C3H3BN2O2. The molecule has 0 bridgehead atoms. The lowest BCUT2D eigenvalue weighted by atomic mass is 10.4. The molecule has 0 saturated carbocycles. The van der Waals surface area contributed by atoms with Gasteiger partial charge in [0, 0.05) is 0 Å². The Labute approximate surface area is 46.3 Å². The summed E-state index contributed by atoms with van der Waals surface area (Å²) in [6.45, 7) is 0. The van der Waals surface area contributed by atoms with Gasteiger partial charge in [-0.1, -0.05) is 0 Å². The maximum atomic E-state index is 10.2. The zero-order valence-corrected chi connectivity index (χ0v) is 4.00. The van der Waals surface area contributed by atoms with Gasteiger partial charge in [-0.2, -0.15) is 0 Å². The summed E-state index contributed by atoms with van der Waals surface area (Å²) in [6, 6.07) is 1.10. The molecule has 40 valence electrons. The second-order valence-corrected chi connectivity index (χ2v) is 1.31. The molecule has 1 aromatic heterocycles. The monoisotopic (exact) mass is 110 g/mol. The van der Waals surface area contributed by atoms with Crippen molar-refractivity contribution in [1.82, 2.24) is 4.65 Å². The summed E-state index contributed by atoms with van der Waals surface area (Å²) in [6.07, 6.45) is 0. The SMILES string of the molecule is [B]n1oc(=O)cc1N. The van der Waals surface area contributed by atoms with Gasteiger partial charge in [-0.05, 0) is 0 Å². The normalized spacial score (nSPS) is 9.50. The third kappa shape index (κ3) is 0.619. The maximum Gasteiger partial charge on any atom is 0.357 e. The topological polar surface area (TPSA) is 61.2 Å². The van der Waals surface area contributed by atoms with Crippen LogP contribution in [0.25, 0.3) is 0 Å². The van der Waals surface area contributed by atoms with Gasteiger partial charge in [0.1, 0.15) is 5.82 Å². The minimum Gasteiger partial charge on any atom is -0.384 e. The molecule has 5 heteroatoms. The molecule has 2 radical (unpaired) electrons. The van der Waals surface area contributed by atoms with Crippen molar-refractivity contribution < 1.29 is 4.52 Å². The molecule has 0 spiro atoms. The summed E-state index contributed by atoms with van der Waals surface area (Å²) < 4.78 is 4.94. The van der Waals surface area contributed by atoms with Crippen molar-refractivity contribution in [2.24, 2.45) is 0 Å². The molecule has 0 aliphatic rings. The first-order chi connectivity index (χ1) is 3.70. The highest BCUT2D eigenvalue weighted by Gasteiger charge is 1.93. The molecule has 0 aliphatic heterocycles. The quantitative estimate of drug-likeness (QED) is 0.433. The fourth-order valence-corrected chi connectivity index (χ4v) is 0.360. The lowest BCUT2D eigenvalue weighted by molar-refractivity contribution is 0.358. The molecule has 0 amide bonds. The molecule has 4 nitrogen and oxygen atoms in total. The molecule has 0 atom stereocenters. The van der Waals surface area contributed by atoms with Crippen LogP contribution in [0.5, 0.6) is 0 Å². The molecule has 0 fully saturated rings. The van der Waals surface area contributed by atoms with Crippen molar-refractivity contribution in [3.63, 3.8) is 0 Å². The van der Waals surface area contributed by atoms with Crippen LogP contribution in [-0.4, -0.2) is 12.6 Å². The van der Waals surface area contributed by atoms with E-state index < -0.39 is 5.63 Å². The first kappa shape index (κ1) is 5.02. The van der Waals surface area contributed by atoms with Crippen molar-refractivity contribution in [2.75, 3.05) is 5.73 Å². The van der Waals surface area contributed by atoms with Crippen LogP contribution >= 0.6 is 0 Å². The van der Waals surface area contributed by atoms with Gasteiger partial charge in [-0.3, -0.25) is 4.65 Å². The number of hydrogen-bond donors (Lipinski definition) is 1. The number of nitrogens with two attached hydrogens (primary N) is 1. The number of hydrogen-bond acceptors (Lipinski definition) is 3. The van der Waals surface area contributed by atoms with E-state index in [9.17, 15) is 4.79 Å². The average molecular weight is 110 g/mol. The van der Waals surface area contributed by atoms with Crippen LogP contribution in [0.3, 0.4) is 0 Å². The molecule has 0 saturated heterocycles. The fraction of sp³-hybridized carbons (Fsp3) is 0. The zero-order chi connectivity index (χ0) is 6.15. The molecule has 0 aliphatic carbocycles. The van der Waals surface area contributed by atoms with Crippen LogP contribution in [0.1, 0.15) is 0 Å². The van der Waals surface area contributed by atoms with E-state index in [1.807, 2.05) is 0 Å². The fourth-order valence-electron chi connectivity index (χ4n) is 0.360. The zero-order valence-electron chi connectivity index (χ0n) is 4.00. The Morgan fingerprint density at radius 1 is 1.88 bits per heavy atom. The van der Waals surface area contributed by atoms with E-state index >= 15 is 0 Å². The average Bonchev–Trinajstić information content (AvgIpc) is 1.85. The van der Waals surface area contributed by atoms with Gasteiger partial charge >= 0.3 is 5.63 Å². The lowest BCUT2D eigenvalue weighted by Crippen LogP contribution is -1.95. The Balaban J connectivity index is 3.35. The summed E-state index contributed by atoms with van der Waals surface area (Å²) in [5.74, 6) is 0.120. The van der Waals surface area contributed by atoms with Crippen LogP contribution in [0.4, 0.5) is 5.82 Å². The number of nitrogens with zero attached hydrogens (tertiary/aromatic N) is 1. The summed E-state index contributed by atoms with van der Waals surface area (Å²) >= 11 is 0. The smallest absolute Gasteiger partial charge is 0.357 e. The van der Waals surface area contributed by atoms with Crippen LogP contribution in [0, 0.1) is 0 Å². The summed E-state index contributed by atoms with van der Waals surface area (Å²) in [5.41, 5.74) is 4.55. The summed E-state index contributed by atoms with van der Waals surface area (Å²) in [5, 5.41) is 0. The van der Waals surface area contributed by atoms with E-state index in [1.54, 1.807) is 0 Å². The van der Waals surface area contributed by atoms with E-state index in [0.29, 0.717) is 4.65 Å². The maximum absolute atomic E-state index is 10.2. The van der Waals surface area contributed by atoms with Crippen molar-refractivity contribution in [3.05, 3.63) is 16.5 Å². The number of anilines is 1. The van der Waals surface area contributed by atoms with E-state index in [-0.39, 0.29) is 5.82 Å². The van der Waals surface area contributed by atoms with E-state index in [4.69, 9.17) is 13.7 Å². The Hall–Kier alpha value is -1.13. The van der Waals surface area contributed by atoms with Crippen LogP contribution < -0.4 is 11.4 Å². The highest BCUT2D eigenvalue weighted by molar-refractivity contribution is 6.06. The molecule has 1 heterocycles. The molecule has 2 N–H and O–H groups in total.